The maximum Gasteiger partial charge on any atom is 0.255 e. The highest BCUT2D eigenvalue weighted by molar-refractivity contribution is 9.10. The highest BCUT2D eigenvalue weighted by atomic mass is 79.9. The Kier molecular flexibility index (Phi) is 6.47. The monoisotopic (exact) mass is 320 g/mol. The van der Waals surface area contributed by atoms with Crippen LogP contribution in [0.1, 0.15) is 10.4 Å². The maximum atomic E-state index is 12.1. The average Bonchev–Trinajstić information content (AvgIpc) is 2.33. The van der Waals surface area contributed by atoms with Crippen LogP contribution in [0.3, 0.4) is 0 Å². The van der Waals surface area contributed by atoms with Crippen molar-refractivity contribution in [1.82, 2.24) is 9.88 Å². The minimum atomic E-state index is -0.0866. The topological polar surface area (TPSA) is 42.4 Å². The number of aromatic nitrogens is 1. The molecule has 0 saturated carbocycles. The molecule has 0 N–H and O–H groups in total. The third kappa shape index (κ3) is 4.61. The van der Waals surface area contributed by atoms with E-state index in [2.05, 4.69) is 20.9 Å². The van der Waals surface area contributed by atoms with Gasteiger partial charge in [-0.25, -0.2) is 0 Å². The molecule has 0 saturated heterocycles. The quantitative estimate of drug-likeness (QED) is 0.754. The molecule has 0 aliphatic heterocycles. The van der Waals surface area contributed by atoms with Gasteiger partial charge in [0, 0.05) is 42.9 Å². The Balaban J connectivity index is 2.76. The van der Waals surface area contributed by atoms with Gasteiger partial charge in [0.2, 0.25) is 0 Å². The zero-order valence-corrected chi connectivity index (χ0v) is 11.9. The number of amides is 1. The number of nitrogens with zero attached hydrogens (tertiary/aromatic N) is 2. The second-order valence-corrected chi connectivity index (χ2v) is 4.66. The highest BCUT2D eigenvalue weighted by Gasteiger charge is 2.15. The summed E-state index contributed by atoms with van der Waals surface area (Å²) in [5.41, 5.74) is 0.542. The van der Waals surface area contributed by atoms with E-state index in [0.29, 0.717) is 31.1 Å². The van der Waals surface area contributed by atoms with Gasteiger partial charge in [0.05, 0.1) is 12.2 Å². The number of methoxy groups -OCH3 is 1. The molecule has 1 rings (SSSR count). The number of hydrogen-bond donors (Lipinski definition) is 0. The van der Waals surface area contributed by atoms with Crippen LogP contribution in [0.5, 0.6) is 0 Å². The zero-order valence-electron chi connectivity index (χ0n) is 9.53. The van der Waals surface area contributed by atoms with E-state index in [-0.39, 0.29) is 5.91 Å². The summed E-state index contributed by atoms with van der Waals surface area (Å²) in [7, 11) is 1.60. The first-order chi connectivity index (χ1) is 8.19. The van der Waals surface area contributed by atoms with E-state index in [4.69, 9.17) is 16.3 Å². The molecule has 1 heterocycles. The third-order valence-corrected chi connectivity index (χ3v) is 2.76. The Bertz CT molecular complexity index is 376. The van der Waals surface area contributed by atoms with Crippen LogP contribution in [0.15, 0.2) is 22.9 Å². The van der Waals surface area contributed by atoms with Gasteiger partial charge in [-0.3, -0.25) is 9.78 Å². The van der Waals surface area contributed by atoms with Gasteiger partial charge >= 0.3 is 0 Å². The number of hydrogen-bond acceptors (Lipinski definition) is 3. The van der Waals surface area contributed by atoms with Gasteiger partial charge in [0.25, 0.3) is 5.91 Å². The van der Waals surface area contributed by atoms with E-state index in [9.17, 15) is 4.79 Å². The minimum Gasteiger partial charge on any atom is -0.383 e. The Morgan fingerprint density at radius 3 is 2.88 bits per heavy atom. The third-order valence-electron chi connectivity index (χ3n) is 2.16. The molecule has 0 fully saturated rings. The van der Waals surface area contributed by atoms with Crippen LogP contribution >= 0.6 is 27.5 Å². The highest BCUT2D eigenvalue weighted by Crippen LogP contribution is 2.11. The first-order valence-electron chi connectivity index (χ1n) is 5.13. The Morgan fingerprint density at radius 2 is 2.29 bits per heavy atom. The molecule has 1 amide bonds. The van der Waals surface area contributed by atoms with E-state index in [1.54, 1.807) is 30.5 Å². The predicted octanol–water partition coefficient (Wildman–Crippen LogP) is 2.17. The first kappa shape index (κ1) is 14.4. The fourth-order valence-corrected chi connectivity index (χ4v) is 1.90. The van der Waals surface area contributed by atoms with Crippen LogP contribution in [0.25, 0.3) is 0 Å². The smallest absolute Gasteiger partial charge is 0.255 e. The molecule has 4 nitrogen and oxygen atoms in total. The lowest BCUT2D eigenvalue weighted by atomic mass is 10.2. The number of carbonyl (C=O) groups excluding carboxylic acids is 1. The Hall–Kier alpha value is -0.650. The summed E-state index contributed by atoms with van der Waals surface area (Å²) in [6.07, 6.45) is 3.18. The van der Waals surface area contributed by atoms with Gasteiger partial charge < -0.3 is 9.64 Å². The molecule has 1 aromatic heterocycles. The number of rotatable bonds is 6. The Labute approximate surface area is 114 Å². The van der Waals surface area contributed by atoms with Gasteiger partial charge in [0.1, 0.15) is 0 Å². The molecule has 6 heteroatoms. The molecule has 0 unspecified atom stereocenters. The summed E-state index contributed by atoms with van der Waals surface area (Å²) in [6, 6.07) is 1.74. The zero-order chi connectivity index (χ0) is 12.7. The van der Waals surface area contributed by atoms with Crippen molar-refractivity contribution in [2.45, 2.75) is 0 Å². The van der Waals surface area contributed by atoms with E-state index in [1.807, 2.05) is 0 Å². The van der Waals surface area contributed by atoms with Crippen LogP contribution in [0, 0.1) is 0 Å². The van der Waals surface area contributed by atoms with Crippen molar-refractivity contribution in [3.63, 3.8) is 0 Å². The van der Waals surface area contributed by atoms with Crippen molar-refractivity contribution in [2.75, 3.05) is 32.7 Å². The van der Waals surface area contributed by atoms with Gasteiger partial charge in [0.15, 0.2) is 0 Å². The molecule has 17 heavy (non-hydrogen) atoms. The van der Waals surface area contributed by atoms with Gasteiger partial charge in [-0.2, -0.15) is 0 Å². The van der Waals surface area contributed by atoms with Crippen LogP contribution in [-0.4, -0.2) is 48.5 Å². The van der Waals surface area contributed by atoms with E-state index in [0.717, 1.165) is 4.47 Å². The molecule has 1 aromatic rings. The molecular formula is C11H14BrClN2O2. The van der Waals surface area contributed by atoms with E-state index in [1.165, 1.54) is 0 Å². The van der Waals surface area contributed by atoms with Crippen molar-refractivity contribution < 1.29 is 9.53 Å². The molecule has 0 bridgehead atoms. The standard InChI is InChI=1S/C11H14BrClN2O2/c1-17-5-4-15(3-2-13)11(16)9-6-10(12)8-14-7-9/h6-8H,2-5H2,1H3. The molecule has 0 aliphatic rings. The molecule has 0 spiro atoms. The van der Waals surface area contributed by atoms with E-state index >= 15 is 0 Å². The molecule has 94 valence electrons. The number of carbonyl (C=O) groups is 1. The van der Waals surface area contributed by atoms with Gasteiger partial charge in [-0.15, -0.1) is 11.6 Å². The van der Waals surface area contributed by atoms with Crippen LogP contribution < -0.4 is 0 Å². The van der Waals surface area contributed by atoms with Crippen LogP contribution in [0.2, 0.25) is 0 Å². The fourth-order valence-electron chi connectivity index (χ4n) is 1.33. The van der Waals surface area contributed by atoms with Crippen molar-refractivity contribution in [1.29, 1.82) is 0 Å². The molecule has 0 radical (unpaired) electrons. The summed E-state index contributed by atoms with van der Waals surface area (Å²) in [4.78, 5) is 17.8. The van der Waals surface area contributed by atoms with Crippen molar-refractivity contribution in [3.8, 4) is 0 Å². The lowest BCUT2D eigenvalue weighted by Gasteiger charge is -2.21. The Morgan fingerprint density at radius 1 is 1.53 bits per heavy atom. The minimum absolute atomic E-state index is 0.0866. The lowest BCUT2D eigenvalue weighted by Crippen LogP contribution is -2.35. The van der Waals surface area contributed by atoms with Crippen LogP contribution in [0.4, 0.5) is 0 Å². The summed E-state index contributed by atoms with van der Waals surface area (Å²) >= 11 is 8.97. The normalized spacial score (nSPS) is 10.3. The predicted molar refractivity (Wildman–Crippen MR) is 70.4 cm³/mol. The maximum absolute atomic E-state index is 12.1. The lowest BCUT2D eigenvalue weighted by molar-refractivity contribution is 0.0707. The molecule has 0 aromatic carbocycles. The summed E-state index contributed by atoms with van der Waals surface area (Å²) in [5, 5.41) is 0. The number of halogens is 2. The first-order valence-corrected chi connectivity index (χ1v) is 6.46. The van der Waals surface area contributed by atoms with Crippen molar-refractivity contribution >= 4 is 33.4 Å². The largest absolute Gasteiger partial charge is 0.383 e. The summed E-state index contributed by atoms with van der Waals surface area (Å²) in [5.74, 6) is 0.313. The molecule has 0 atom stereocenters. The number of alkyl halides is 1. The van der Waals surface area contributed by atoms with Crippen LogP contribution in [-0.2, 0) is 4.74 Å². The molecule has 0 aliphatic carbocycles. The van der Waals surface area contributed by atoms with Gasteiger partial charge in [-0.05, 0) is 22.0 Å². The molecular weight excluding hydrogens is 307 g/mol. The average molecular weight is 322 g/mol. The summed E-state index contributed by atoms with van der Waals surface area (Å²) < 4.78 is 5.75. The second kappa shape index (κ2) is 7.63. The van der Waals surface area contributed by atoms with E-state index < -0.39 is 0 Å². The summed E-state index contributed by atoms with van der Waals surface area (Å²) in [6.45, 7) is 1.51. The van der Waals surface area contributed by atoms with Crippen molar-refractivity contribution in [2.24, 2.45) is 0 Å². The van der Waals surface area contributed by atoms with Gasteiger partial charge in [-0.1, -0.05) is 0 Å². The van der Waals surface area contributed by atoms with Crippen molar-refractivity contribution in [3.05, 3.63) is 28.5 Å². The number of pyridine rings is 1. The fraction of sp³-hybridized carbons (Fsp3) is 0.455. The second-order valence-electron chi connectivity index (χ2n) is 3.37. The number of ether oxygens (including phenoxy) is 1. The SMILES string of the molecule is COCCN(CCCl)C(=O)c1cncc(Br)c1.